The highest BCUT2D eigenvalue weighted by molar-refractivity contribution is 5.70. The molecule has 0 unspecified atom stereocenters. The highest BCUT2D eigenvalue weighted by atomic mass is 16.5. The maximum atomic E-state index is 11.6. The summed E-state index contributed by atoms with van der Waals surface area (Å²) in [6.45, 7) is 0. The first kappa shape index (κ1) is 18.2. The van der Waals surface area contributed by atoms with Crippen LogP contribution in [-0.2, 0) is 10.3 Å². The second-order valence-electron chi connectivity index (χ2n) is 5.85. The van der Waals surface area contributed by atoms with E-state index in [1.165, 1.54) is 35.5 Å². The molecule has 0 spiro atoms. The third kappa shape index (κ3) is 2.21. The molecule has 0 bridgehead atoms. The largest absolute Gasteiger partial charge is 0.502 e. The van der Waals surface area contributed by atoms with Crippen LogP contribution < -0.4 is 18.9 Å². The summed E-state index contributed by atoms with van der Waals surface area (Å²) in [5, 5.41) is 22.1. The number of phenols is 1. The third-order valence-electron chi connectivity index (χ3n) is 4.77. The van der Waals surface area contributed by atoms with Crippen molar-refractivity contribution in [2.24, 2.45) is 0 Å². The van der Waals surface area contributed by atoms with Gasteiger partial charge in [0.05, 0.1) is 28.4 Å². The molecule has 0 radical (unpaired) electrons. The molecule has 0 aliphatic heterocycles. The molecule has 7 nitrogen and oxygen atoms in total. The number of methoxy groups -OCH3 is 5. The van der Waals surface area contributed by atoms with Gasteiger partial charge in [-0.05, 0) is 17.7 Å². The summed E-state index contributed by atoms with van der Waals surface area (Å²) < 4.78 is 26.9. The minimum Gasteiger partial charge on any atom is -0.502 e. The summed E-state index contributed by atoms with van der Waals surface area (Å²) in [7, 11) is 7.37. The number of hydrogen-bond acceptors (Lipinski definition) is 7. The molecule has 3 rings (SSSR count). The maximum absolute atomic E-state index is 11.6. The van der Waals surface area contributed by atoms with Gasteiger partial charge in [0.25, 0.3) is 0 Å². The molecular weight excluding hydrogens is 340 g/mol. The number of para-hydroxylation sites is 1. The Labute approximate surface area is 151 Å². The lowest BCUT2D eigenvalue weighted by Crippen LogP contribution is -2.46. The van der Waals surface area contributed by atoms with Gasteiger partial charge in [0.2, 0.25) is 5.75 Å². The zero-order valence-electron chi connectivity index (χ0n) is 15.3. The van der Waals surface area contributed by atoms with Crippen LogP contribution >= 0.6 is 0 Å². The van der Waals surface area contributed by atoms with E-state index in [2.05, 4.69) is 0 Å². The molecule has 2 aromatic carbocycles. The smallest absolute Gasteiger partial charge is 0.201 e. The van der Waals surface area contributed by atoms with Gasteiger partial charge in [-0.15, -0.1) is 0 Å². The number of aromatic hydroxyl groups is 1. The molecule has 1 aliphatic carbocycles. The predicted octanol–water partition coefficient (Wildman–Crippen LogP) is 2.36. The fourth-order valence-electron chi connectivity index (χ4n) is 3.64. The van der Waals surface area contributed by atoms with Gasteiger partial charge >= 0.3 is 0 Å². The van der Waals surface area contributed by atoms with E-state index in [1.807, 2.05) is 0 Å². The molecule has 0 fully saturated rings. The molecule has 26 heavy (non-hydrogen) atoms. The Balaban J connectivity index is 2.32. The minimum atomic E-state index is -1.60. The second-order valence-corrected chi connectivity index (χ2v) is 5.85. The zero-order valence-corrected chi connectivity index (χ0v) is 15.3. The Morgan fingerprint density at radius 1 is 0.885 bits per heavy atom. The molecule has 0 aromatic heterocycles. The van der Waals surface area contributed by atoms with E-state index in [-0.39, 0.29) is 17.2 Å². The summed E-state index contributed by atoms with van der Waals surface area (Å²) in [6.07, 6.45) is -0.707. The lowest BCUT2D eigenvalue weighted by molar-refractivity contribution is -0.105. The molecule has 0 saturated carbocycles. The van der Waals surface area contributed by atoms with Crippen LogP contribution in [0.4, 0.5) is 0 Å². The van der Waals surface area contributed by atoms with E-state index < -0.39 is 11.7 Å². The van der Waals surface area contributed by atoms with Crippen molar-refractivity contribution in [2.45, 2.75) is 11.7 Å². The van der Waals surface area contributed by atoms with Crippen molar-refractivity contribution in [3.63, 3.8) is 0 Å². The highest BCUT2D eigenvalue weighted by Gasteiger charge is 2.57. The summed E-state index contributed by atoms with van der Waals surface area (Å²) in [5.41, 5.74) is -0.0939. The van der Waals surface area contributed by atoms with Crippen LogP contribution in [0.1, 0.15) is 22.8 Å². The standard InChI is InChI=1S/C19H22O7/c1-22-12-8-6-7-11(16(12)24-3)19(21)14-10(18(19)26-5)9-13(23-2)15(20)17(14)25-4/h6-9,18,20-21H,1-5H3/t18-,19-/m1/s1. The van der Waals surface area contributed by atoms with E-state index in [1.54, 1.807) is 24.3 Å². The first-order chi connectivity index (χ1) is 12.5. The van der Waals surface area contributed by atoms with Gasteiger partial charge in [0.15, 0.2) is 28.6 Å². The van der Waals surface area contributed by atoms with Crippen molar-refractivity contribution in [3.8, 4) is 28.7 Å². The number of rotatable bonds is 6. The number of aliphatic hydroxyl groups is 1. The highest BCUT2D eigenvalue weighted by Crippen LogP contribution is 2.63. The minimum absolute atomic E-state index is 0.125. The van der Waals surface area contributed by atoms with Crippen molar-refractivity contribution in [1.29, 1.82) is 0 Å². The fourth-order valence-corrected chi connectivity index (χ4v) is 3.64. The Morgan fingerprint density at radius 3 is 2.08 bits per heavy atom. The molecule has 0 amide bonds. The van der Waals surface area contributed by atoms with Crippen molar-refractivity contribution < 1.29 is 33.9 Å². The first-order valence-corrected chi connectivity index (χ1v) is 7.94. The SMILES string of the molecule is COc1cc2c(c(OC)c1O)[C@](O)(c1cccc(OC)c1OC)[C@@H]2OC. The normalized spacial score (nSPS) is 20.8. The van der Waals surface area contributed by atoms with Crippen LogP contribution in [0.5, 0.6) is 28.7 Å². The molecule has 1 aliphatic rings. The van der Waals surface area contributed by atoms with Crippen molar-refractivity contribution in [1.82, 2.24) is 0 Å². The molecule has 2 N–H and O–H groups in total. The van der Waals surface area contributed by atoms with Crippen LogP contribution in [0.25, 0.3) is 0 Å². The number of benzene rings is 2. The van der Waals surface area contributed by atoms with Gasteiger partial charge in [-0.25, -0.2) is 0 Å². The molecule has 0 saturated heterocycles. The zero-order chi connectivity index (χ0) is 19.1. The van der Waals surface area contributed by atoms with Crippen LogP contribution in [0.15, 0.2) is 24.3 Å². The van der Waals surface area contributed by atoms with Crippen LogP contribution in [0.2, 0.25) is 0 Å². The van der Waals surface area contributed by atoms with Gasteiger partial charge in [0.1, 0.15) is 6.10 Å². The van der Waals surface area contributed by atoms with E-state index >= 15 is 0 Å². The maximum Gasteiger partial charge on any atom is 0.201 e. The summed E-state index contributed by atoms with van der Waals surface area (Å²) >= 11 is 0. The van der Waals surface area contributed by atoms with Crippen LogP contribution in [0, 0.1) is 0 Å². The van der Waals surface area contributed by atoms with Gasteiger partial charge in [-0.1, -0.05) is 12.1 Å². The lowest BCUT2D eigenvalue weighted by Gasteiger charge is -2.47. The fraction of sp³-hybridized carbons (Fsp3) is 0.368. The number of ether oxygens (including phenoxy) is 5. The summed E-state index contributed by atoms with van der Waals surface area (Å²) in [6, 6.07) is 6.82. The van der Waals surface area contributed by atoms with E-state index in [0.29, 0.717) is 28.2 Å². The van der Waals surface area contributed by atoms with E-state index in [0.717, 1.165) is 0 Å². The van der Waals surface area contributed by atoms with Gasteiger partial charge < -0.3 is 33.9 Å². The van der Waals surface area contributed by atoms with E-state index in [4.69, 9.17) is 23.7 Å². The molecule has 2 atom stereocenters. The van der Waals surface area contributed by atoms with E-state index in [9.17, 15) is 10.2 Å². The lowest BCUT2D eigenvalue weighted by atomic mass is 9.65. The van der Waals surface area contributed by atoms with Crippen molar-refractivity contribution in [3.05, 3.63) is 41.0 Å². The Kier molecular flexibility index (Phi) is 4.60. The van der Waals surface area contributed by atoms with Gasteiger partial charge in [-0.3, -0.25) is 0 Å². The number of fused-ring (bicyclic) bond motifs is 1. The topological polar surface area (TPSA) is 86.6 Å². The monoisotopic (exact) mass is 362 g/mol. The Morgan fingerprint density at radius 2 is 1.54 bits per heavy atom. The molecule has 140 valence electrons. The molecule has 2 aromatic rings. The predicted molar refractivity (Wildman–Crippen MR) is 93.5 cm³/mol. The number of phenolic OH excluding ortho intramolecular Hbond substituents is 1. The average Bonchev–Trinajstić information content (AvgIpc) is 2.67. The molecular formula is C19H22O7. The van der Waals surface area contributed by atoms with Crippen LogP contribution in [0.3, 0.4) is 0 Å². The van der Waals surface area contributed by atoms with Crippen molar-refractivity contribution in [2.75, 3.05) is 35.5 Å². The second kappa shape index (κ2) is 6.59. The Bertz CT molecular complexity index is 833. The van der Waals surface area contributed by atoms with Crippen molar-refractivity contribution >= 4 is 0 Å². The first-order valence-electron chi connectivity index (χ1n) is 7.94. The van der Waals surface area contributed by atoms with Gasteiger partial charge in [0, 0.05) is 18.2 Å². The number of hydrogen-bond donors (Lipinski definition) is 2. The van der Waals surface area contributed by atoms with Gasteiger partial charge in [-0.2, -0.15) is 0 Å². The summed E-state index contributed by atoms with van der Waals surface area (Å²) in [4.78, 5) is 0. The molecule has 7 heteroatoms. The Hall–Kier alpha value is -2.64. The summed E-state index contributed by atoms with van der Waals surface area (Å²) in [5.74, 6) is 1.02. The average molecular weight is 362 g/mol. The third-order valence-corrected chi connectivity index (χ3v) is 4.77. The van der Waals surface area contributed by atoms with Crippen LogP contribution in [-0.4, -0.2) is 45.8 Å². The molecule has 0 heterocycles. The quantitative estimate of drug-likeness (QED) is 0.816.